The zero-order chi connectivity index (χ0) is 14.8. The van der Waals surface area contributed by atoms with Crippen LogP contribution in [0.4, 0.5) is 0 Å². The maximum atomic E-state index is 12.0. The number of hydrogen-bond donors (Lipinski definition) is 2. The third kappa shape index (κ3) is 6.46. The van der Waals surface area contributed by atoms with E-state index in [-0.39, 0.29) is 17.7 Å². The Labute approximate surface area is 125 Å². The zero-order valence-electron chi connectivity index (χ0n) is 12.0. The Morgan fingerprint density at radius 1 is 1.25 bits per heavy atom. The number of carbonyl (C=O) groups is 2. The van der Waals surface area contributed by atoms with Crippen molar-refractivity contribution in [3.05, 3.63) is 12.7 Å². The van der Waals surface area contributed by atoms with Gasteiger partial charge in [-0.15, -0.1) is 6.58 Å². The average Bonchev–Trinajstić information content (AvgIpc) is 2.38. The minimum Gasteiger partial charge on any atom is -0.481 e. The molecule has 0 saturated heterocycles. The molecule has 2 N–H and O–H groups in total. The molecule has 1 saturated carbocycles. The number of rotatable bonds is 9. The molecule has 114 valence electrons. The van der Waals surface area contributed by atoms with E-state index in [0.717, 1.165) is 43.6 Å². The van der Waals surface area contributed by atoms with Crippen LogP contribution in [0.25, 0.3) is 0 Å². The lowest BCUT2D eigenvalue weighted by atomic mass is 9.69. The van der Waals surface area contributed by atoms with E-state index in [2.05, 4.69) is 11.9 Å². The van der Waals surface area contributed by atoms with E-state index < -0.39 is 5.97 Å². The van der Waals surface area contributed by atoms with Crippen molar-refractivity contribution >= 4 is 23.6 Å². The Morgan fingerprint density at radius 3 is 2.55 bits per heavy atom. The molecule has 4 nitrogen and oxygen atoms in total. The minimum absolute atomic E-state index is 0.00708. The third-order valence-electron chi connectivity index (χ3n) is 3.78. The highest BCUT2D eigenvalue weighted by molar-refractivity contribution is 7.99. The maximum Gasteiger partial charge on any atom is 0.303 e. The first kappa shape index (κ1) is 17.1. The molecule has 0 aromatic heterocycles. The molecule has 1 aliphatic rings. The molecule has 1 aliphatic carbocycles. The summed E-state index contributed by atoms with van der Waals surface area (Å²) < 4.78 is 0. The van der Waals surface area contributed by atoms with Crippen LogP contribution in [0.15, 0.2) is 12.7 Å². The average molecular weight is 299 g/mol. The van der Waals surface area contributed by atoms with Crippen LogP contribution in [-0.4, -0.2) is 35.0 Å². The summed E-state index contributed by atoms with van der Waals surface area (Å²) in [7, 11) is 0. The summed E-state index contributed by atoms with van der Waals surface area (Å²) in [5.74, 6) is 0.955. The van der Waals surface area contributed by atoms with Crippen molar-refractivity contribution in [2.45, 2.75) is 44.9 Å². The van der Waals surface area contributed by atoms with Crippen molar-refractivity contribution in [1.29, 1.82) is 0 Å². The third-order valence-corrected chi connectivity index (χ3v) is 4.74. The first-order valence-corrected chi connectivity index (χ1v) is 8.41. The molecule has 0 spiro atoms. The molecular weight excluding hydrogens is 274 g/mol. The van der Waals surface area contributed by atoms with Crippen LogP contribution in [0.5, 0.6) is 0 Å². The molecule has 0 unspecified atom stereocenters. The van der Waals surface area contributed by atoms with E-state index in [1.165, 1.54) is 0 Å². The van der Waals surface area contributed by atoms with Crippen molar-refractivity contribution in [1.82, 2.24) is 5.32 Å². The van der Waals surface area contributed by atoms with Crippen LogP contribution in [0.2, 0.25) is 0 Å². The molecule has 0 atom stereocenters. The van der Waals surface area contributed by atoms with Gasteiger partial charge in [0.1, 0.15) is 0 Å². The van der Waals surface area contributed by atoms with Gasteiger partial charge in [0.15, 0.2) is 0 Å². The summed E-state index contributed by atoms with van der Waals surface area (Å²) in [6.45, 7) is 4.28. The Morgan fingerprint density at radius 2 is 1.95 bits per heavy atom. The molecule has 1 rings (SSSR count). The van der Waals surface area contributed by atoms with Gasteiger partial charge in [-0.2, -0.15) is 11.8 Å². The lowest BCUT2D eigenvalue weighted by molar-refractivity contribution is -0.141. The molecule has 0 bridgehead atoms. The largest absolute Gasteiger partial charge is 0.481 e. The molecule has 0 aliphatic heterocycles. The fourth-order valence-corrected chi connectivity index (χ4v) is 3.45. The summed E-state index contributed by atoms with van der Waals surface area (Å²) in [6.07, 6.45) is 7.26. The number of thioether (sulfide) groups is 1. The van der Waals surface area contributed by atoms with E-state index >= 15 is 0 Å². The van der Waals surface area contributed by atoms with E-state index in [1.54, 1.807) is 11.8 Å². The fourth-order valence-electron chi connectivity index (χ4n) is 2.87. The van der Waals surface area contributed by atoms with Gasteiger partial charge in [0.05, 0.1) is 6.42 Å². The number of nitrogens with one attached hydrogen (secondary N) is 1. The number of carboxylic acid groups (broad SMARTS) is 1. The van der Waals surface area contributed by atoms with Gasteiger partial charge in [0, 0.05) is 24.5 Å². The second kappa shape index (κ2) is 9.06. The normalized spacial score (nSPS) is 17.4. The second-order valence-corrected chi connectivity index (χ2v) is 6.67. The second-order valence-electron chi connectivity index (χ2n) is 5.52. The molecule has 0 radical (unpaired) electrons. The topological polar surface area (TPSA) is 66.4 Å². The minimum atomic E-state index is -0.791. The van der Waals surface area contributed by atoms with E-state index in [1.807, 2.05) is 6.08 Å². The van der Waals surface area contributed by atoms with Gasteiger partial charge in [-0.3, -0.25) is 9.59 Å². The van der Waals surface area contributed by atoms with Crippen molar-refractivity contribution in [2.75, 3.05) is 18.1 Å². The highest BCUT2D eigenvalue weighted by Crippen LogP contribution is 2.42. The standard InChI is InChI=1S/C15H25NO3S/c1-2-9-20-10-8-16-13(17)11-15(12-14(18)19)6-4-3-5-7-15/h2H,1,3-12H2,(H,16,17)(H,18,19). The zero-order valence-corrected chi connectivity index (χ0v) is 12.8. The molecule has 1 fully saturated rings. The SMILES string of the molecule is C=CCSCCNC(=O)CC1(CC(=O)O)CCCCC1. The van der Waals surface area contributed by atoms with E-state index in [4.69, 9.17) is 5.11 Å². The van der Waals surface area contributed by atoms with Gasteiger partial charge in [0.25, 0.3) is 0 Å². The molecule has 5 heteroatoms. The molecule has 0 aromatic rings. The summed E-state index contributed by atoms with van der Waals surface area (Å²) in [4.78, 5) is 23.0. The van der Waals surface area contributed by atoms with Gasteiger partial charge < -0.3 is 10.4 Å². The van der Waals surface area contributed by atoms with E-state index in [0.29, 0.717) is 13.0 Å². The monoisotopic (exact) mass is 299 g/mol. The van der Waals surface area contributed by atoms with Gasteiger partial charge in [-0.25, -0.2) is 0 Å². The maximum absolute atomic E-state index is 12.0. The lowest BCUT2D eigenvalue weighted by Crippen LogP contribution is -2.35. The number of carboxylic acids is 1. The number of carbonyl (C=O) groups excluding carboxylic acids is 1. The van der Waals surface area contributed by atoms with Gasteiger partial charge in [-0.05, 0) is 18.3 Å². The molecule has 0 heterocycles. The number of hydrogen-bond acceptors (Lipinski definition) is 3. The molecular formula is C15H25NO3S. The molecule has 1 amide bonds. The van der Waals surface area contributed by atoms with Crippen molar-refractivity contribution in [3.63, 3.8) is 0 Å². The Bertz CT molecular complexity index is 338. The predicted molar refractivity (Wildman–Crippen MR) is 82.9 cm³/mol. The summed E-state index contributed by atoms with van der Waals surface area (Å²) in [5.41, 5.74) is -0.317. The number of amides is 1. The first-order chi connectivity index (χ1) is 9.58. The molecule has 0 aromatic carbocycles. The number of aliphatic carboxylic acids is 1. The Kier molecular flexibility index (Phi) is 7.73. The fraction of sp³-hybridized carbons (Fsp3) is 0.733. The van der Waals surface area contributed by atoms with Crippen LogP contribution in [0, 0.1) is 5.41 Å². The van der Waals surface area contributed by atoms with Crippen LogP contribution < -0.4 is 5.32 Å². The van der Waals surface area contributed by atoms with Gasteiger partial charge in [-0.1, -0.05) is 25.3 Å². The Hall–Kier alpha value is -0.970. The highest BCUT2D eigenvalue weighted by atomic mass is 32.2. The van der Waals surface area contributed by atoms with Gasteiger partial charge >= 0.3 is 5.97 Å². The van der Waals surface area contributed by atoms with Crippen LogP contribution in [0.1, 0.15) is 44.9 Å². The lowest BCUT2D eigenvalue weighted by Gasteiger charge is -2.35. The first-order valence-electron chi connectivity index (χ1n) is 7.25. The van der Waals surface area contributed by atoms with Crippen molar-refractivity contribution in [3.8, 4) is 0 Å². The van der Waals surface area contributed by atoms with Crippen molar-refractivity contribution in [2.24, 2.45) is 5.41 Å². The molecule has 20 heavy (non-hydrogen) atoms. The Balaban J connectivity index is 2.38. The van der Waals surface area contributed by atoms with Crippen molar-refractivity contribution < 1.29 is 14.7 Å². The van der Waals surface area contributed by atoms with E-state index in [9.17, 15) is 9.59 Å². The van der Waals surface area contributed by atoms with Crippen LogP contribution >= 0.6 is 11.8 Å². The van der Waals surface area contributed by atoms with Crippen LogP contribution in [-0.2, 0) is 9.59 Å². The smallest absolute Gasteiger partial charge is 0.303 e. The summed E-state index contributed by atoms with van der Waals surface area (Å²) in [5, 5.41) is 12.0. The summed E-state index contributed by atoms with van der Waals surface area (Å²) in [6, 6.07) is 0. The highest BCUT2D eigenvalue weighted by Gasteiger charge is 2.36. The van der Waals surface area contributed by atoms with Gasteiger partial charge in [0.2, 0.25) is 5.91 Å². The van der Waals surface area contributed by atoms with Crippen LogP contribution in [0.3, 0.4) is 0 Å². The predicted octanol–water partition coefficient (Wildman–Crippen LogP) is 2.84. The summed E-state index contributed by atoms with van der Waals surface area (Å²) >= 11 is 1.72. The quantitative estimate of drug-likeness (QED) is 0.507.